The number of ether oxygens (including phenoxy) is 1. The van der Waals surface area contributed by atoms with Crippen molar-refractivity contribution in [3.8, 4) is 0 Å². The van der Waals surface area contributed by atoms with Crippen LogP contribution < -0.4 is 0 Å². The van der Waals surface area contributed by atoms with Gasteiger partial charge in [0.25, 0.3) is 0 Å². The van der Waals surface area contributed by atoms with Gasteiger partial charge in [0.1, 0.15) is 0 Å². The van der Waals surface area contributed by atoms with E-state index in [-0.39, 0.29) is 6.16 Å². The highest BCUT2D eigenvalue weighted by molar-refractivity contribution is 7.57. The smallest absolute Gasteiger partial charge is 0.199 e. The second-order valence-corrected chi connectivity index (χ2v) is 4.32. The third-order valence-corrected chi connectivity index (χ3v) is 1.72. The summed E-state index contributed by atoms with van der Waals surface area (Å²) >= 11 is 0. The van der Waals surface area contributed by atoms with Gasteiger partial charge < -0.3 is 9.63 Å². The molecule has 50 valence electrons. The van der Waals surface area contributed by atoms with E-state index in [0.717, 1.165) is 0 Å². The molecule has 1 unspecified atom stereocenters. The van der Waals surface area contributed by atoms with Crippen LogP contribution >= 0.6 is 7.37 Å². The van der Waals surface area contributed by atoms with Gasteiger partial charge >= 0.3 is 0 Å². The Balaban J connectivity index is 3.26. The highest BCUT2D eigenvalue weighted by atomic mass is 31.2. The molecule has 0 saturated heterocycles. The Bertz CT molecular complexity index is 95.5. The quantitative estimate of drug-likeness (QED) is 0.578. The van der Waals surface area contributed by atoms with Crippen LogP contribution in [-0.4, -0.2) is 31.4 Å². The molecule has 0 aliphatic heterocycles. The average molecular weight is 138 g/mol. The fourth-order valence-electron chi connectivity index (χ4n) is 0.261. The third-order valence-electron chi connectivity index (χ3n) is 0.710. The molecule has 0 bridgehead atoms. The Labute approximate surface area is 49.1 Å². The van der Waals surface area contributed by atoms with Gasteiger partial charge in [0, 0.05) is 19.9 Å². The van der Waals surface area contributed by atoms with E-state index in [1.165, 1.54) is 13.8 Å². The number of rotatable bonds is 3. The van der Waals surface area contributed by atoms with E-state index < -0.39 is 7.37 Å². The molecule has 8 heavy (non-hydrogen) atoms. The topological polar surface area (TPSA) is 46.5 Å². The Kier molecular flexibility index (Phi) is 3.29. The van der Waals surface area contributed by atoms with Gasteiger partial charge in [0.15, 0.2) is 7.37 Å². The SMILES string of the molecule is COCCP(C)(=O)O. The maximum atomic E-state index is 10.4. The summed E-state index contributed by atoms with van der Waals surface area (Å²) in [6.07, 6.45) is 0.253. The van der Waals surface area contributed by atoms with Gasteiger partial charge in [-0.3, -0.25) is 4.57 Å². The monoisotopic (exact) mass is 138 g/mol. The molecule has 0 aliphatic rings. The van der Waals surface area contributed by atoms with Gasteiger partial charge in [-0.25, -0.2) is 0 Å². The summed E-state index contributed by atoms with van der Waals surface area (Å²) in [5, 5.41) is 0. The summed E-state index contributed by atoms with van der Waals surface area (Å²) in [6, 6.07) is 0. The Morgan fingerprint density at radius 3 is 2.38 bits per heavy atom. The summed E-state index contributed by atoms with van der Waals surface area (Å²) < 4.78 is 15.0. The zero-order valence-corrected chi connectivity index (χ0v) is 6.02. The average Bonchev–Trinajstić information content (AvgIpc) is 1.59. The van der Waals surface area contributed by atoms with Crippen molar-refractivity contribution in [2.45, 2.75) is 0 Å². The zero-order valence-electron chi connectivity index (χ0n) is 5.13. The van der Waals surface area contributed by atoms with Crippen molar-refractivity contribution >= 4 is 7.37 Å². The normalized spacial score (nSPS) is 17.9. The highest BCUT2D eigenvalue weighted by Gasteiger charge is 2.06. The summed E-state index contributed by atoms with van der Waals surface area (Å²) in [6.45, 7) is 1.69. The van der Waals surface area contributed by atoms with Gasteiger partial charge in [-0.2, -0.15) is 0 Å². The van der Waals surface area contributed by atoms with Crippen molar-refractivity contribution < 1.29 is 14.2 Å². The summed E-state index contributed by atoms with van der Waals surface area (Å²) in [5.74, 6) is 0. The third kappa shape index (κ3) is 6.15. The molecular formula is C4H11O3P. The molecule has 0 radical (unpaired) electrons. The van der Waals surface area contributed by atoms with E-state index in [4.69, 9.17) is 4.89 Å². The van der Waals surface area contributed by atoms with Crippen LogP contribution in [0.5, 0.6) is 0 Å². The van der Waals surface area contributed by atoms with Crippen LogP contribution in [0.4, 0.5) is 0 Å². The minimum atomic E-state index is -2.81. The molecule has 0 aromatic heterocycles. The minimum Gasteiger partial charge on any atom is -0.384 e. The van der Waals surface area contributed by atoms with Crippen molar-refractivity contribution in [3.63, 3.8) is 0 Å². The first-order valence-electron chi connectivity index (χ1n) is 2.34. The van der Waals surface area contributed by atoms with Crippen LogP contribution in [0, 0.1) is 0 Å². The van der Waals surface area contributed by atoms with Crippen LogP contribution in [0.15, 0.2) is 0 Å². The fourth-order valence-corrected chi connectivity index (χ4v) is 0.782. The Morgan fingerprint density at radius 2 is 2.25 bits per heavy atom. The summed E-state index contributed by atoms with van der Waals surface area (Å²) in [5.41, 5.74) is 0. The summed E-state index contributed by atoms with van der Waals surface area (Å²) in [4.78, 5) is 8.62. The van der Waals surface area contributed by atoms with Gasteiger partial charge in [-0.05, 0) is 0 Å². The lowest BCUT2D eigenvalue weighted by atomic mass is 10.9. The Hall–Kier alpha value is 0.150. The molecular weight excluding hydrogens is 127 g/mol. The second kappa shape index (κ2) is 3.23. The van der Waals surface area contributed by atoms with Crippen LogP contribution in [0.25, 0.3) is 0 Å². The van der Waals surface area contributed by atoms with Crippen LogP contribution in [0.2, 0.25) is 0 Å². The molecule has 1 atom stereocenters. The van der Waals surface area contributed by atoms with Crippen molar-refractivity contribution in [1.29, 1.82) is 0 Å². The zero-order chi connectivity index (χ0) is 6.62. The molecule has 0 heterocycles. The van der Waals surface area contributed by atoms with Crippen LogP contribution in [0.3, 0.4) is 0 Å². The van der Waals surface area contributed by atoms with Crippen molar-refractivity contribution in [2.24, 2.45) is 0 Å². The van der Waals surface area contributed by atoms with Gasteiger partial charge in [0.05, 0.1) is 6.61 Å². The molecule has 0 aliphatic carbocycles. The maximum absolute atomic E-state index is 10.4. The van der Waals surface area contributed by atoms with Crippen molar-refractivity contribution in [2.75, 3.05) is 26.5 Å². The molecule has 0 aromatic carbocycles. The maximum Gasteiger partial charge on any atom is 0.199 e. The van der Waals surface area contributed by atoms with E-state index in [1.54, 1.807) is 0 Å². The lowest BCUT2D eigenvalue weighted by molar-refractivity contribution is 0.215. The molecule has 1 N–H and O–H groups in total. The van der Waals surface area contributed by atoms with Crippen molar-refractivity contribution in [3.05, 3.63) is 0 Å². The Morgan fingerprint density at radius 1 is 1.75 bits per heavy atom. The molecule has 0 fully saturated rings. The highest BCUT2D eigenvalue weighted by Crippen LogP contribution is 2.33. The molecule has 0 amide bonds. The number of hydrogen-bond donors (Lipinski definition) is 1. The predicted octanol–water partition coefficient (Wildman–Crippen LogP) is 0.533. The first-order valence-corrected chi connectivity index (χ1v) is 4.63. The second-order valence-electron chi connectivity index (χ2n) is 1.77. The number of methoxy groups -OCH3 is 1. The van der Waals surface area contributed by atoms with Crippen molar-refractivity contribution in [1.82, 2.24) is 0 Å². The van der Waals surface area contributed by atoms with E-state index >= 15 is 0 Å². The van der Waals surface area contributed by atoms with Gasteiger partial charge in [-0.15, -0.1) is 0 Å². The lowest BCUT2D eigenvalue weighted by Gasteiger charge is -2.01. The van der Waals surface area contributed by atoms with E-state index in [1.807, 2.05) is 0 Å². The predicted molar refractivity (Wildman–Crippen MR) is 32.5 cm³/mol. The largest absolute Gasteiger partial charge is 0.384 e. The number of hydrogen-bond acceptors (Lipinski definition) is 2. The van der Waals surface area contributed by atoms with Gasteiger partial charge in [0.2, 0.25) is 0 Å². The standard InChI is InChI=1S/C4H11O3P/c1-7-3-4-8(2,5)6/h3-4H2,1-2H3,(H,5,6). The molecule has 4 heteroatoms. The van der Waals surface area contributed by atoms with Crippen LogP contribution in [-0.2, 0) is 9.30 Å². The van der Waals surface area contributed by atoms with Crippen LogP contribution in [0.1, 0.15) is 0 Å². The summed E-state index contributed by atoms with van der Waals surface area (Å²) in [7, 11) is -1.30. The van der Waals surface area contributed by atoms with E-state index in [9.17, 15) is 4.57 Å². The van der Waals surface area contributed by atoms with E-state index in [0.29, 0.717) is 6.61 Å². The van der Waals surface area contributed by atoms with Gasteiger partial charge in [-0.1, -0.05) is 0 Å². The first kappa shape index (κ1) is 8.15. The fraction of sp³-hybridized carbons (Fsp3) is 1.00. The molecule has 0 saturated carbocycles. The minimum absolute atomic E-state index is 0.253. The lowest BCUT2D eigenvalue weighted by Crippen LogP contribution is -1.95. The van der Waals surface area contributed by atoms with E-state index in [2.05, 4.69) is 4.74 Å². The molecule has 0 spiro atoms. The molecule has 0 rings (SSSR count). The molecule has 0 aromatic rings. The first-order chi connectivity index (χ1) is 3.56. The molecule has 3 nitrogen and oxygen atoms in total.